The third kappa shape index (κ3) is 6.25. The fourth-order valence-electron chi connectivity index (χ4n) is 3.71. The minimum absolute atomic E-state index is 0.174. The largest absolute Gasteiger partial charge is 0.444 e. The highest BCUT2D eigenvalue weighted by Crippen LogP contribution is 2.28. The Morgan fingerprint density at radius 1 is 0.929 bits per heavy atom. The molecule has 0 bridgehead atoms. The van der Waals surface area contributed by atoms with Crippen LogP contribution in [0.5, 0.6) is 0 Å². The van der Waals surface area contributed by atoms with Gasteiger partial charge in [-0.2, -0.15) is 0 Å². The molecule has 4 nitrogen and oxygen atoms in total. The van der Waals surface area contributed by atoms with Crippen LogP contribution in [0.1, 0.15) is 81.1 Å². The quantitative estimate of drug-likeness (QED) is 0.575. The van der Waals surface area contributed by atoms with Gasteiger partial charge in [-0.25, -0.2) is 4.98 Å². The number of hydrogen-bond acceptors (Lipinski definition) is 3. The second-order valence-electron chi connectivity index (χ2n) is 7.60. The van der Waals surface area contributed by atoms with E-state index in [4.69, 9.17) is 27.6 Å². The van der Waals surface area contributed by atoms with Crippen molar-refractivity contribution in [2.24, 2.45) is 0 Å². The number of nitrogens with zero attached hydrogens (tertiary/aromatic N) is 1. The fourth-order valence-corrected chi connectivity index (χ4v) is 4.00. The molecule has 152 valence electrons. The summed E-state index contributed by atoms with van der Waals surface area (Å²) < 4.78 is 5.49. The van der Waals surface area contributed by atoms with E-state index in [1.807, 2.05) is 0 Å². The summed E-state index contributed by atoms with van der Waals surface area (Å²) in [5, 5.41) is 4.06. The number of aromatic nitrogens is 1. The molecule has 0 atom stereocenters. The zero-order chi connectivity index (χ0) is 19.8. The summed E-state index contributed by atoms with van der Waals surface area (Å²) in [7, 11) is 0. The number of hydrogen-bond donors (Lipinski definition) is 1. The first kappa shape index (κ1) is 21.2. The van der Waals surface area contributed by atoms with E-state index in [9.17, 15) is 4.79 Å². The molecule has 1 heterocycles. The lowest BCUT2D eigenvalue weighted by atomic mass is 9.98. The van der Waals surface area contributed by atoms with Crippen LogP contribution in [0.4, 0.5) is 0 Å². The van der Waals surface area contributed by atoms with E-state index in [0.717, 1.165) is 25.7 Å². The average Bonchev–Trinajstić information content (AvgIpc) is 3.16. The molecular formula is C22H28Cl2N2O2. The number of amides is 1. The molecule has 2 aromatic rings. The van der Waals surface area contributed by atoms with Gasteiger partial charge in [0.1, 0.15) is 6.26 Å². The van der Waals surface area contributed by atoms with Crippen LogP contribution < -0.4 is 5.32 Å². The Kier molecular flexibility index (Phi) is 8.23. The predicted octanol–water partition coefficient (Wildman–Crippen LogP) is 7.05. The summed E-state index contributed by atoms with van der Waals surface area (Å²) in [5.74, 6) is 0.189. The predicted molar refractivity (Wildman–Crippen MR) is 114 cm³/mol. The lowest BCUT2D eigenvalue weighted by molar-refractivity contribution is 0.0926. The second kappa shape index (κ2) is 10.9. The first-order chi connectivity index (χ1) is 13.6. The Morgan fingerprint density at radius 2 is 1.54 bits per heavy atom. The standard InChI is InChI=1S/C22H28Cl2N2O2/c23-18-13-12-16(14-19(18)24)22-26-20(15-28-22)21(27)25-17-10-8-6-4-2-1-3-5-7-9-11-17/h12-15,17H,1-11H2,(H,25,27). The van der Waals surface area contributed by atoms with Gasteiger partial charge < -0.3 is 9.73 Å². The normalized spacial score (nSPS) is 17.5. The van der Waals surface area contributed by atoms with Crippen LogP contribution in [0.15, 0.2) is 28.9 Å². The summed E-state index contributed by atoms with van der Waals surface area (Å²) in [6, 6.07) is 5.35. The number of benzene rings is 1. The van der Waals surface area contributed by atoms with Crippen molar-refractivity contribution >= 4 is 29.1 Å². The van der Waals surface area contributed by atoms with Gasteiger partial charge in [-0.1, -0.05) is 81.0 Å². The highest BCUT2D eigenvalue weighted by atomic mass is 35.5. The van der Waals surface area contributed by atoms with Gasteiger partial charge in [0.15, 0.2) is 5.69 Å². The van der Waals surface area contributed by atoms with Crippen molar-refractivity contribution in [2.75, 3.05) is 0 Å². The molecule has 0 saturated heterocycles. The Labute approximate surface area is 177 Å². The van der Waals surface area contributed by atoms with E-state index < -0.39 is 0 Å². The molecule has 1 aromatic carbocycles. The van der Waals surface area contributed by atoms with Crippen molar-refractivity contribution in [3.63, 3.8) is 0 Å². The zero-order valence-corrected chi connectivity index (χ0v) is 17.7. The maximum atomic E-state index is 12.7. The molecule has 1 saturated carbocycles. The topological polar surface area (TPSA) is 55.1 Å². The van der Waals surface area contributed by atoms with Crippen molar-refractivity contribution in [1.82, 2.24) is 10.3 Å². The summed E-state index contributed by atoms with van der Waals surface area (Å²) >= 11 is 12.0. The highest BCUT2D eigenvalue weighted by Gasteiger charge is 2.18. The van der Waals surface area contributed by atoms with Crippen LogP contribution in [0.3, 0.4) is 0 Å². The zero-order valence-electron chi connectivity index (χ0n) is 16.2. The first-order valence-corrected chi connectivity index (χ1v) is 11.1. The molecule has 1 amide bonds. The van der Waals surface area contributed by atoms with Crippen molar-refractivity contribution in [1.29, 1.82) is 0 Å². The molecule has 1 N–H and O–H groups in total. The Morgan fingerprint density at radius 3 is 2.14 bits per heavy atom. The van der Waals surface area contributed by atoms with Crippen LogP contribution in [0.25, 0.3) is 11.5 Å². The fraction of sp³-hybridized carbons (Fsp3) is 0.545. The average molecular weight is 423 g/mol. The summed E-state index contributed by atoms with van der Waals surface area (Å²) in [5.41, 5.74) is 0.992. The maximum Gasteiger partial charge on any atom is 0.273 e. The number of oxazole rings is 1. The van der Waals surface area contributed by atoms with Crippen LogP contribution in [0.2, 0.25) is 10.0 Å². The van der Waals surface area contributed by atoms with Crippen LogP contribution in [-0.2, 0) is 0 Å². The molecule has 28 heavy (non-hydrogen) atoms. The van der Waals surface area contributed by atoms with E-state index in [-0.39, 0.29) is 11.9 Å². The molecule has 3 rings (SSSR count). The third-order valence-electron chi connectivity index (χ3n) is 5.34. The SMILES string of the molecule is O=C(NC1CCCCCCCCCCC1)c1coc(-c2ccc(Cl)c(Cl)c2)n1. The molecule has 0 unspecified atom stereocenters. The van der Waals surface area contributed by atoms with E-state index in [1.165, 1.54) is 51.2 Å². The van der Waals surface area contributed by atoms with Gasteiger partial charge in [0.05, 0.1) is 10.0 Å². The molecular weight excluding hydrogens is 395 g/mol. The minimum Gasteiger partial charge on any atom is -0.444 e. The smallest absolute Gasteiger partial charge is 0.273 e. The van der Waals surface area contributed by atoms with E-state index in [2.05, 4.69) is 10.3 Å². The molecule has 1 aliphatic carbocycles. The van der Waals surface area contributed by atoms with Gasteiger partial charge in [-0.05, 0) is 31.0 Å². The molecule has 0 spiro atoms. The second-order valence-corrected chi connectivity index (χ2v) is 8.41. The van der Waals surface area contributed by atoms with Crippen LogP contribution in [0, 0.1) is 0 Å². The number of carbonyl (C=O) groups is 1. The molecule has 0 aliphatic heterocycles. The van der Waals surface area contributed by atoms with Crippen LogP contribution >= 0.6 is 23.2 Å². The Balaban J connectivity index is 1.60. The van der Waals surface area contributed by atoms with Gasteiger partial charge in [0, 0.05) is 11.6 Å². The van der Waals surface area contributed by atoms with Gasteiger partial charge >= 0.3 is 0 Å². The van der Waals surface area contributed by atoms with E-state index >= 15 is 0 Å². The summed E-state index contributed by atoms with van der Waals surface area (Å²) in [6.07, 6.45) is 14.9. The number of nitrogens with one attached hydrogen (secondary N) is 1. The Bertz CT molecular complexity index is 764. The number of carbonyl (C=O) groups excluding carboxylic acids is 1. The molecule has 1 fully saturated rings. The monoisotopic (exact) mass is 422 g/mol. The van der Waals surface area contributed by atoms with Crippen molar-refractivity contribution in [3.8, 4) is 11.5 Å². The molecule has 1 aliphatic rings. The Hall–Kier alpha value is -1.52. The van der Waals surface area contributed by atoms with Crippen molar-refractivity contribution in [2.45, 2.75) is 76.7 Å². The summed E-state index contributed by atoms with van der Waals surface area (Å²) in [6.45, 7) is 0. The summed E-state index contributed by atoms with van der Waals surface area (Å²) in [4.78, 5) is 17.0. The number of rotatable bonds is 3. The van der Waals surface area contributed by atoms with E-state index in [0.29, 0.717) is 27.2 Å². The number of halogens is 2. The first-order valence-electron chi connectivity index (χ1n) is 10.4. The third-order valence-corrected chi connectivity index (χ3v) is 6.08. The lowest BCUT2D eigenvalue weighted by Crippen LogP contribution is -2.35. The van der Waals surface area contributed by atoms with Gasteiger partial charge in [-0.3, -0.25) is 4.79 Å². The van der Waals surface area contributed by atoms with Gasteiger partial charge in [0.25, 0.3) is 5.91 Å². The van der Waals surface area contributed by atoms with Crippen molar-refractivity contribution < 1.29 is 9.21 Å². The minimum atomic E-state index is -0.174. The van der Waals surface area contributed by atoms with Gasteiger partial charge in [-0.15, -0.1) is 0 Å². The molecule has 6 heteroatoms. The lowest BCUT2D eigenvalue weighted by Gasteiger charge is -2.19. The maximum absolute atomic E-state index is 12.7. The highest BCUT2D eigenvalue weighted by molar-refractivity contribution is 6.42. The molecule has 0 radical (unpaired) electrons. The molecule has 1 aromatic heterocycles. The van der Waals surface area contributed by atoms with Gasteiger partial charge in [0.2, 0.25) is 5.89 Å². The van der Waals surface area contributed by atoms with E-state index in [1.54, 1.807) is 18.2 Å². The van der Waals surface area contributed by atoms with Crippen LogP contribution in [-0.4, -0.2) is 16.9 Å². The van der Waals surface area contributed by atoms with Crippen molar-refractivity contribution in [3.05, 3.63) is 40.2 Å².